The first-order valence-corrected chi connectivity index (χ1v) is 10.3. The summed E-state index contributed by atoms with van der Waals surface area (Å²) in [5, 5.41) is 3.04. The van der Waals surface area contributed by atoms with Gasteiger partial charge in [0.15, 0.2) is 0 Å². The van der Waals surface area contributed by atoms with E-state index in [9.17, 15) is 4.79 Å². The summed E-state index contributed by atoms with van der Waals surface area (Å²) in [6.07, 6.45) is 0.446. The average Bonchev–Trinajstić information content (AvgIpc) is 2.77. The Balaban J connectivity index is 1.81. The lowest BCUT2D eigenvalue weighted by Gasteiger charge is -2.21. The monoisotopic (exact) mass is 403 g/mol. The maximum Gasteiger partial charge on any atom is 0.221 e. The molecule has 0 aromatic heterocycles. The van der Waals surface area contributed by atoms with Crippen LogP contribution < -0.4 is 14.8 Å². The standard InChI is InChI=1S/C26H29NO3/c1-19(2)30-22-15-13-21(14-16-22)24(23-11-7-8-12-25(23)29-3)17-26(28)27-18-20-9-5-4-6-10-20/h4-16,19,24H,17-18H2,1-3H3,(H,27,28)/t24-/m1/s1. The number of methoxy groups -OCH3 is 1. The second-order valence-electron chi connectivity index (χ2n) is 7.50. The van der Waals surface area contributed by atoms with Crippen LogP contribution in [0.25, 0.3) is 0 Å². The van der Waals surface area contributed by atoms with Crippen molar-refractivity contribution in [3.63, 3.8) is 0 Å². The van der Waals surface area contributed by atoms with Gasteiger partial charge in [0.25, 0.3) is 0 Å². The van der Waals surface area contributed by atoms with Crippen LogP contribution in [-0.2, 0) is 11.3 Å². The summed E-state index contributed by atoms with van der Waals surface area (Å²) < 4.78 is 11.3. The van der Waals surface area contributed by atoms with E-state index in [4.69, 9.17) is 9.47 Å². The highest BCUT2D eigenvalue weighted by atomic mass is 16.5. The number of para-hydroxylation sites is 1. The number of rotatable bonds is 9. The normalized spacial score (nSPS) is 11.7. The van der Waals surface area contributed by atoms with Gasteiger partial charge in [-0.05, 0) is 43.2 Å². The Morgan fingerprint density at radius 3 is 2.23 bits per heavy atom. The molecule has 0 bridgehead atoms. The van der Waals surface area contributed by atoms with E-state index < -0.39 is 0 Å². The highest BCUT2D eigenvalue weighted by Gasteiger charge is 2.21. The molecule has 3 aromatic carbocycles. The van der Waals surface area contributed by atoms with Gasteiger partial charge in [-0.2, -0.15) is 0 Å². The van der Waals surface area contributed by atoms with Gasteiger partial charge < -0.3 is 14.8 Å². The third-order valence-corrected chi connectivity index (χ3v) is 4.89. The quantitative estimate of drug-likeness (QED) is 0.526. The average molecular weight is 404 g/mol. The van der Waals surface area contributed by atoms with Gasteiger partial charge in [-0.1, -0.05) is 60.7 Å². The minimum atomic E-state index is -0.120. The van der Waals surface area contributed by atoms with E-state index in [-0.39, 0.29) is 17.9 Å². The molecule has 1 atom stereocenters. The van der Waals surface area contributed by atoms with E-state index in [0.717, 1.165) is 28.2 Å². The fourth-order valence-corrected chi connectivity index (χ4v) is 3.47. The molecular weight excluding hydrogens is 374 g/mol. The lowest BCUT2D eigenvalue weighted by atomic mass is 9.87. The van der Waals surface area contributed by atoms with Crippen molar-refractivity contribution in [1.82, 2.24) is 5.32 Å². The number of hydrogen-bond acceptors (Lipinski definition) is 3. The van der Waals surface area contributed by atoms with Crippen molar-refractivity contribution >= 4 is 5.91 Å². The summed E-state index contributed by atoms with van der Waals surface area (Å²) in [7, 11) is 1.66. The molecule has 0 aliphatic rings. The van der Waals surface area contributed by atoms with Crippen LogP contribution in [0, 0.1) is 0 Å². The fourth-order valence-electron chi connectivity index (χ4n) is 3.47. The summed E-state index contributed by atoms with van der Waals surface area (Å²) in [5.41, 5.74) is 3.12. The van der Waals surface area contributed by atoms with Crippen LogP contribution in [-0.4, -0.2) is 19.1 Å². The minimum absolute atomic E-state index is 0.00253. The number of hydrogen-bond donors (Lipinski definition) is 1. The number of carbonyl (C=O) groups excluding carboxylic acids is 1. The molecule has 0 saturated heterocycles. The van der Waals surface area contributed by atoms with Gasteiger partial charge in [0, 0.05) is 24.4 Å². The summed E-state index contributed by atoms with van der Waals surface area (Å²) in [6, 6.07) is 25.8. The van der Waals surface area contributed by atoms with Gasteiger partial charge in [-0.25, -0.2) is 0 Å². The van der Waals surface area contributed by atoms with Gasteiger partial charge >= 0.3 is 0 Å². The van der Waals surface area contributed by atoms with Gasteiger partial charge in [0.1, 0.15) is 11.5 Å². The van der Waals surface area contributed by atoms with Crippen LogP contribution >= 0.6 is 0 Å². The molecule has 0 aliphatic heterocycles. The molecule has 3 aromatic rings. The van der Waals surface area contributed by atoms with Crippen molar-refractivity contribution in [3.8, 4) is 11.5 Å². The van der Waals surface area contributed by atoms with Crippen LogP contribution in [0.1, 0.15) is 42.9 Å². The SMILES string of the molecule is COc1ccccc1[C@H](CC(=O)NCc1ccccc1)c1ccc(OC(C)C)cc1. The van der Waals surface area contributed by atoms with Crippen molar-refractivity contribution in [1.29, 1.82) is 0 Å². The highest BCUT2D eigenvalue weighted by molar-refractivity contribution is 5.77. The summed E-state index contributed by atoms with van der Waals surface area (Å²) >= 11 is 0. The fraction of sp³-hybridized carbons (Fsp3) is 0.269. The maximum absolute atomic E-state index is 12.8. The number of carbonyl (C=O) groups is 1. The largest absolute Gasteiger partial charge is 0.496 e. The summed E-state index contributed by atoms with van der Waals surface area (Å²) in [4.78, 5) is 12.8. The summed E-state index contributed by atoms with van der Waals surface area (Å²) in [5.74, 6) is 1.48. The van der Waals surface area contributed by atoms with Gasteiger partial charge in [-0.3, -0.25) is 4.79 Å². The van der Waals surface area contributed by atoms with Crippen molar-refractivity contribution < 1.29 is 14.3 Å². The van der Waals surface area contributed by atoms with E-state index in [1.165, 1.54) is 0 Å². The molecule has 0 unspecified atom stereocenters. The first-order chi connectivity index (χ1) is 14.6. The first-order valence-electron chi connectivity index (χ1n) is 10.3. The topological polar surface area (TPSA) is 47.6 Å². The zero-order valence-electron chi connectivity index (χ0n) is 17.8. The van der Waals surface area contributed by atoms with Crippen LogP contribution in [0.2, 0.25) is 0 Å². The predicted molar refractivity (Wildman–Crippen MR) is 120 cm³/mol. The molecule has 3 rings (SSSR count). The zero-order valence-corrected chi connectivity index (χ0v) is 17.8. The molecule has 4 nitrogen and oxygen atoms in total. The van der Waals surface area contributed by atoms with Crippen molar-refractivity contribution in [2.24, 2.45) is 0 Å². The van der Waals surface area contributed by atoms with Gasteiger partial charge in [0.2, 0.25) is 5.91 Å². The number of nitrogens with one attached hydrogen (secondary N) is 1. The third-order valence-electron chi connectivity index (χ3n) is 4.89. The van der Waals surface area contributed by atoms with Crippen LogP contribution in [0.15, 0.2) is 78.9 Å². The highest BCUT2D eigenvalue weighted by Crippen LogP contribution is 2.35. The maximum atomic E-state index is 12.8. The molecule has 0 heterocycles. The van der Waals surface area contributed by atoms with Crippen molar-refractivity contribution in [2.75, 3.05) is 7.11 Å². The molecule has 4 heteroatoms. The number of ether oxygens (including phenoxy) is 2. The summed E-state index contributed by atoms with van der Waals surface area (Å²) in [6.45, 7) is 4.52. The lowest BCUT2D eigenvalue weighted by Crippen LogP contribution is -2.25. The Morgan fingerprint density at radius 2 is 1.57 bits per heavy atom. The Morgan fingerprint density at radius 1 is 0.900 bits per heavy atom. The van der Waals surface area contributed by atoms with Crippen molar-refractivity contribution in [3.05, 3.63) is 95.6 Å². The number of amides is 1. The molecule has 0 saturated carbocycles. The molecule has 0 fully saturated rings. The molecule has 0 spiro atoms. The third kappa shape index (κ3) is 5.86. The van der Waals surface area contributed by atoms with E-state index in [2.05, 4.69) is 5.32 Å². The molecule has 0 aliphatic carbocycles. The number of benzene rings is 3. The van der Waals surface area contributed by atoms with Crippen molar-refractivity contribution in [2.45, 2.75) is 38.8 Å². The molecule has 30 heavy (non-hydrogen) atoms. The minimum Gasteiger partial charge on any atom is -0.496 e. The molecule has 1 amide bonds. The smallest absolute Gasteiger partial charge is 0.221 e. The Labute approximate surface area is 178 Å². The van der Waals surface area contributed by atoms with Gasteiger partial charge in [-0.15, -0.1) is 0 Å². The Bertz CT molecular complexity index is 936. The molecule has 1 N–H and O–H groups in total. The van der Waals surface area contributed by atoms with E-state index in [0.29, 0.717) is 13.0 Å². The zero-order chi connectivity index (χ0) is 21.3. The van der Waals surface area contributed by atoms with Crippen LogP contribution in [0.3, 0.4) is 0 Å². The first kappa shape index (κ1) is 21.4. The van der Waals surface area contributed by atoms with Crippen LogP contribution in [0.4, 0.5) is 0 Å². The lowest BCUT2D eigenvalue weighted by molar-refractivity contribution is -0.121. The molecule has 0 radical (unpaired) electrons. The van der Waals surface area contributed by atoms with E-state index >= 15 is 0 Å². The van der Waals surface area contributed by atoms with E-state index in [1.807, 2.05) is 92.7 Å². The second-order valence-corrected chi connectivity index (χ2v) is 7.50. The predicted octanol–water partition coefficient (Wildman–Crippen LogP) is 5.32. The van der Waals surface area contributed by atoms with Crippen LogP contribution in [0.5, 0.6) is 11.5 Å². The Kier molecular flexibility index (Phi) is 7.50. The molecular formula is C26H29NO3. The van der Waals surface area contributed by atoms with E-state index in [1.54, 1.807) is 7.11 Å². The Hall–Kier alpha value is -3.27. The second kappa shape index (κ2) is 10.5. The molecule has 156 valence electrons. The van der Waals surface area contributed by atoms with Gasteiger partial charge in [0.05, 0.1) is 13.2 Å².